The molecule has 0 N–H and O–H groups in total. The van der Waals surface area contributed by atoms with Gasteiger partial charge in [-0.15, -0.1) is 0 Å². The first-order chi connectivity index (χ1) is 18.1. The summed E-state index contributed by atoms with van der Waals surface area (Å²) in [6.45, 7) is 5.38. The van der Waals surface area contributed by atoms with E-state index in [4.69, 9.17) is 9.84 Å². The molecule has 5 rings (SSSR count). The van der Waals surface area contributed by atoms with E-state index in [2.05, 4.69) is 9.89 Å². The van der Waals surface area contributed by atoms with Gasteiger partial charge in [-0.25, -0.2) is 17.4 Å². The fourth-order valence-electron chi connectivity index (χ4n) is 4.43. The molecule has 2 aliphatic heterocycles. The van der Waals surface area contributed by atoms with E-state index in [0.717, 1.165) is 16.8 Å². The van der Waals surface area contributed by atoms with Crippen molar-refractivity contribution in [3.05, 3.63) is 71.3 Å². The fraction of sp³-hybridized carbons (Fsp3) is 0.296. The number of hydrogen-bond acceptors (Lipinski definition) is 7. The van der Waals surface area contributed by atoms with Crippen LogP contribution in [0.1, 0.15) is 19.4 Å². The Hall–Kier alpha value is -3.25. The van der Waals surface area contributed by atoms with Gasteiger partial charge in [0.2, 0.25) is 10.0 Å². The van der Waals surface area contributed by atoms with Crippen LogP contribution < -0.4 is 0 Å². The summed E-state index contributed by atoms with van der Waals surface area (Å²) in [7, 11) is -0.556. The second kappa shape index (κ2) is 10.5. The number of amides is 1. The van der Waals surface area contributed by atoms with E-state index >= 15 is 0 Å². The maximum absolute atomic E-state index is 12.9. The topological polar surface area (TPSA) is 97.1 Å². The number of sulfonamides is 1. The summed E-state index contributed by atoms with van der Waals surface area (Å²) in [5, 5.41) is 5.48. The fourth-order valence-corrected chi connectivity index (χ4v) is 6.26. The number of benzene rings is 2. The Labute approximate surface area is 226 Å². The Morgan fingerprint density at radius 3 is 2.32 bits per heavy atom. The normalized spacial score (nSPS) is 21.4. The zero-order valence-corrected chi connectivity index (χ0v) is 23.2. The quantitative estimate of drug-likeness (QED) is 0.444. The molecule has 1 fully saturated rings. The van der Waals surface area contributed by atoms with Crippen molar-refractivity contribution in [2.75, 3.05) is 27.2 Å². The molecular formula is C27H29N5O4S2. The van der Waals surface area contributed by atoms with Crippen LogP contribution in [0.15, 0.2) is 75.6 Å². The largest absolute Gasteiger partial charge is 0.372 e. The molecule has 1 aromatic heterocycles. The van der Waals surface area contributed by atoms with Crippen LogP contribution in [0.4, 0.5) is 0 Å². The lowest BCUT2D eigenvalue weighted by Gasteiger charge is -2.35. The number of aromatic nitrogens is 2. The van der Waals surface area contributed by atoms with Gasteiger partial charge in [-0.3, -0.25) is 4.79 Å². The molecule has 0 radical (unpaired) electrons. The molecule has 11 heteroatoms. The van der Waals surface area contributed by atoms with Crippen LogP contribution >= 0.6 is 11.8 Å². The minimum atomic E-state index is -3.56. The Morgan fingerprint density at radius 2 is 1.68 bits per heavy atom. The van der Waals surface area contributed by atoms with Crippen molar-refractivity contribution in [3.63, 3.8) is 0 Å². The molecule has 2 aromatic carbocycles. The second-order valence-electron chi connectivity index (χ2n) is 9.50. The summed E-state index contributed by atoms with van der Waals surface area (Å²) in [5.74, 6) is -0.289. The number of para-hydroxylation sites is 1. The van der Waals surface area contributed by atoms with Crippen LogP contribution in [-0.2, 0) is 19.6 Å². The third-order valence-electron chi connectivity index (χ3n) is 6.26. The number of carbonyl (C=O) groups is 1. The molecule has 0 aliphatic carbocycles. The van der Waals surface area contributed by atoms with E-state index in [-0.39, 0.29) is 23.0 Å². The number of carbonyl (C=O) groups excluding carboxylic acids is 1. The molecule has 9 nitrogen and oxygen atoms in total. The van der Waals surface area contributed by atoms with Crippen LogP contribution in [0.2, 0.25) is 0 Å². The molecule has 1 saturated heterocycles. The van der Waals surface area contributed by atoms with Gasteiger partial charge in [0.1, 0.15) is 0 Å². The van der Waals surface area contributed by atoms with Gasteiger partial charge in [-0.1, -0.05) is 30.3 Å². The van der Waals surface area contributed by atoms with Crippen LogP contribution in [0, 0.1) is 0 Å². The van der Waals surface area contributed by atoms with Crippen molar-refractivity contribution in [1.82, 2.24) is 19.0 Å². The number of ether oxygens (including phenoxy) is 1. The van der Waals surface area contributed by atoms with Gasteiger partial charge in [0.25, 0.3) is 5.91 Å². The Balaban J connectivity index is 1.50. The van der Waals surface area contributed by atoms with E-state index in [0.29, 0.717) is 28.9 Å². The summed E-state index contributed by atoms with van der Waals surface area (Å²) in [5.41, 5.74) is 2.96. The highest BCUT2D eigenvalue weighted by Crippen LogP contribution is 2.34. The molecule has 2 atom stereocenters. The summed E-state index contributed by atoms with van der Waals surface area (Å²) in [6, 6.07) is 16.3. The molecule has 0 bridgehead atoms. The minimum Gasteiger partial charge on any atom is -0.372 e. The summed E-state index contributed by atoms with van der Waals surface area (Å²) < 4.78 is 33.8. The molecule has 3 aromatic rings. The molecule has 0 spiro atoms. The van der Waals surface area contributed by atoms with Gasteiger partial charge in [-0.2, -0.15) is 10.1 Å². The predicted molar refractivity (Wildman–Crippen MR) is 149 cm³/mol. The number of thioether (sulfide) groups is 1. The standard InChI is InChI=1S/C27H29N5O4S2/c1-18-15-31(16-19(2)36-18)27-28-26(33)24(37-27)14-21-17-32(22-8-6-5-7-9-22)29-25(21)20-10-12-23(13-11-20)38(34,35)30(3)4/h5-14,17-19H,15-16H2,1-4H3/b24-14-/t18-,19-/m0/s1. The summed E-state index contributed by atoms with van der Waals surface area (Å²) in [4.78, 5) is 20.0. The molecule has 0 saturated carbocycles. The number of hydrogen-bond donors (Lipinski definition) is 0. The first kappa shape index (κ1) is 26.4. The monoisotopic (exact) mass is 551 g/mol. The molecule has 38 heavy (non-hydrogen) atoms. The molecule has 0 unspecified atom stereocenters. The first-order valence-corrected chi connectivity index (χ1v) is 14.5. The minimum absolute atomic E-state index is 0.0557. The maximum atomic E-state index is 12.9. The Kier molecular flexibility index (Phi) is 7.28. The van der Waals surface area contributed by atoms with Crippen LogP contribution in [0.3, 0.4) is 0 Å². The van der Waals surface area contributed by atoms with Gasteiger partial charge in [-0.05, 0) is 56.0 Å². The highest BCUT2D eigenvalue weighted by atomic mass is 32.2. The molecule has 198 valence electrons. The number of aliphatic imine (C=N–C) groups is 1. The SMILES string of the molecule is C[C@H]1CN(C2=NC(=O)/C(=C/c3cn(-c4ccccc4)nc3-c3ccc(S(=O)(=O)N(C)C)cc3)S2)C[C@H](C)O1. The van der Waals surface area contributed by atoms with Crippen LogP contribution in [0.5, 0.6) is 0 Å². The lowest BCUT2D eigenvalue weighted by molar-refractivity contribution is -0.113. The maximum Gasteiger partial charge on any atom is 0.286 e. The van der Waals surface area contributed by atoms with Gasteiger partial charge < -0.3 is 9.64 Å². The number of rotatable bonds is 5. The number of nitrogens with zero attached hydrogens (tertiary/aromatic N) is 5. The van der Waals surface area contributed by atoms with E-state index in [1.807, 2.05) is 56.5 Å². The van der Waals surface area contributed by atoms with Crippen LogP contribution in [-0.4, -0.2) is 77.9 Å². The summed E-state index contributed by atoms with van der Waals surface area (Å²) >= 11 is 1.35. The van der Waals surface area contributed by atoms with Gasteiger partial charge in [0.05, 0.1) is 33.4 Å². The number of amidine groups is 1. The highest BCUT2D eigenvalue weighted by molar-refractivity contribution is 8.18. The Bertz CT molecular complexity index is 1500. The number of morpholine rings is 1. The zero-order chi connectivity index (χ0) is 27.0. The van der Waals surface area contributed by atoms with Crippen molar-refractivity contribution in [2.45, 2.75) is 31.0 Å². The average molecular weight is 552 g/mol. The molecule has 1 amide bonds. The van der Waals surface area contributed by atoms with Crippen molar-refractivity contribution in [1.29, 1.82) is 0 Å². The van der Waals surface area contributed by atoms with Crippen molar-refractivity contribution >= 4 is 38.9 Å². The highest BCUT2D eigenvalue weighted by Gasteiger charge is 2.31. The van der Waals surface area contributed by atoms with Crippen molar-refractivity contribution in [2.24, 2.45) is 4.99 Å². The van der Waals surface area contributed by atoms with Crippen molar-refractivity contribution < 1.29 is 17.9 Å². The van der Waals surface area contributed by atoms with E-state index in [1.54, 1.807) is 28.9 Å². The van der Waals surface area contributed by atoms with Gasteiger partial charge >= 0.3 is 0 Å². The van der Waals surface area contributed by atoms with E-state index in [9.17, 15) is 13.2 Å². The molecule has 2 aliphatic rings. The van der Waals surface area contributed by atoms with Crippen LogP contribution in [0.25, 0.3) is 23.0 Å². The smallest absolute Gasteiger partial charge is 0.286 e. The van der Waals surface area contributed by atoms with Crippen molar-refractivity contribution in [3.8, 4) is 16.9 Å². The lowest BCUT2D eigenvalue weighted by atomic mass is 10.1. The predicted octanol–water partition coefficient (Wildman–Crippen LogP) is 3.87. The van der Waals surface area contributed by atoms with Gasteiger partial charge in [0.15, 0.2) is 5.17 Å². The zero-order valence-electron chi connectivity index (χ0n) is 21.6. The molecular weight excluding hydrogens is 522 g/mol. The first-order valence-electron chi connectivity index (χ1n) is 12.2. The van der Waals surface area contributed by atoms with E-state index < -0.39 is 10.0 Å². The summed E-state index contributed by atoms with van der Waals surface area (Å²) in [6.07, 6.45) is 3.79. The van der Waals surface area contributed by atoms with Gasteiger partial charge in [0, 0.05) is 44.5 Å². The molecule has 3 heterocycles. The second-order valence-corrected chi connectivity index (χ2v) is 12.7. The third-order valence-corrected chi connectivity index (χ3v) is 9.13. The average Bonchev–Trinajstić information content (AvgIpc) is 3.48. The lowest BCUT2D eigenvalue weighted by Crippen LogP contribution is -2.47. The third kappa shape index (κ3) is 5.32. The Morgan fingerprint density at radius 1 is 1.03 bits per heavy atom. The van der Waals surface area contributed by atoms with E-state index in [1.165, 1.54) is 30.2 Å².